The van der Waals surface area contributed by atoms with Crippen LogP contribution in [0.2, 0.25) is 0 Å². The minimum atomic E-state index is -0.230. The maximum absolute atomic E-state index is 12.0. The number of carbonyl (C=O) groups is 1. The van der Waals surface area contributed by atoms with Gasteiger partial charge in [0.25, 0.3) is 5.91 Å². The van der Waals surface area contributed by atoms with Crippen molar-refractivity contribution < 1.29 is 9.53 Å². The second kappa shape index (κ2) is 8.85. The van der Waals surface area contributed by atoms with Crippen molar-refractivity contribution in [2.24, 2.45) is 0 Å². The predicted octanol–water partition coefficient (Wildman–Crippen LogP) is 4.97. The number of hydrogen-bond donors (Lipinski definition) is 2. The topological polar surface area (TPSA) is 63.2 Å². The third kappa shape index (κ3) is 5.31. The van der Waals surface area contributed by atoms with Crippen LogP contribution < -0.4 is 15.4 Å². The van der Waals surface area contributed by atoms with Crippen LogP contribution in [0.3, 0.4) is 0 Å². The molecule has 0 aliphatic carbocycles. The number of amides is 1. The normalized spacial score (nSPS) is 10.5. The van der Waals surface area contributed by atoms with E-state index in [2.05, 4.69) is 35.5 Å². The Hall–Kier alpha value is -3.34. The van der Waals surface area contributed by atoms with Crippen LogP contribution in [0.5, 0.6) is 5.75 Å². The van der Waals surface area contributed by atoms with Gasteiger partial charge in [0, 0.05) is 5.69 Å². The Labute approximate surface area is 159 Å². The Bertz CT molecular complexity index is 878. The molecule has 2 aromatic carbocycles. The van der Waals surface area contributed by atoms with Gasteiger partial charge in [0.05, 0.1) is 11.9 Å². The van der Waals surface area contributed by atoms with Gasteiger partial charge in [-0.15, -0.1) is 0 Å². The molecule has 1 amide bonds. The van der Waals surface area contributed by atoms with Crippen molar-refractivity contribution in [2.75, 3.05) is 17.2 Å². The summed E-state index contributed by atoms with van der Waals surface area (Å²) in [6.07, 6.45) is 1.63. The molecule has 1 heterocycles. The van der Waals surface area contributed by atoms with Crippen molar-refractivity contribution in [3.8, 4) is 5.75 Å². The first-order valence-corrected chi connectivity index (χ1v) is 8.91. The minimum absolute atomic E-state index is 0.0498. The summed E-state index contributed by atoms with van der Waals surface area (Å²) in [6, 6.07) is 21.1. The summed E-state index contributed by atoms with van der Waals surface area (Å²) in [5.41, 5.74) is 2.89. The van der Waals surface area contributed by atoms with Crippen LogP contribution in [0.25, 0.3) is 0 Å². The van der Waals surface area contributed by atoms with Crippen LogP contribution in [0.1, 0.15) is 25.3 Å². The van der Waals surface area contributed by atoms with E-state index in [4.69, 9.17) is 4.74 Å². The quantitative estimate of drug-likeness (QED) is 0.624. The molecule has 0 bridgehead atoms. The molecule has 0 aliphatic rings. The molecular formula is C22H23N3O2. The number of pyridine rings is 1. The largest absolute Gasteiger partial charge is 0.484 e. The fourth-order valence-corrected chi connectivity index (χ4v) is 2.66. The van der Waals surface area contributed by atoms with E-state index >= 15 is 0 Å². The lowest BCUT2D eigenvalue weighted by atomic mass is 10.0. The van der Waals surface area contributed by atoms with E-state index < -0.39 is 0 Å². The summed E-state index contributed by atoms with van der Waals surface area (Å²) in [6.45, 7) is 4.26. The van der Waals surface area contributed by atoms with E-state index in [0.717, 1.165) is 11.5 Å². The molecule has 0 aliphatic heterocycles. The first-order chi connectivity index (χ1) is 13.1. The third-order valence-corrected chi connectivity index (χ3v) is 4.01. The van der Waals surface area contributed by atoms with Crippen LogP contribution >= 0.6 is 0 Å². The number of anilines is 3. The molecule has 3 aromatic rings. The molecule has 138 valence electrons. The molecule has 0 unspecified atom stereocenters. The Morgan fingerprint density at radius 1 is 1.00 bits per heavy atom. The zero-order valence-electron chi connectivity index (χ0n) is 15.5. The standard InChI is InChI=1S/C22H23N3O2/c1-16(2)19-10-6-7-11-20(19)25-21-13-12-17(14-23-21)24-22(26)15-27-18-8-4-3-5-9-18/h3-14,16H,15H2,1-2H3,(H,23,25)(H,24,26). The minimum Gasteiger partial charge on any atom is -0.484 e. The third-order valence-electron chi connectivity index (χ3n) is 4.01. The summed E-state index contributed by atoms with van der Waals surface area (Å²) in [7, 11) is 0. The van der Waals surface area contributed by atoms with Gasteiger partial charge < -0.3 is 15.4 Å². The maximum Gasteiger partial charge on any atom is 0.262 e. The van der Waals surface area contributed by atoms with Gasteiger partial charge in [-0.1, -0.05) is 50.2 Å². The van der Waals surface area contributed by atoms with Crippen molar-refractivity contribution in [3.05, 3.63) is 78.5 Å². The first kappa shape index (κ1) is 18.5. The second-order valence-corrected chi connectivity index (χ2v) is 6.45. The van der Waals surface area contributed by atoms with E-state index in [0.29, 0.717) is 17.4 Å². The number of carbonyl (C=O) groups excluding carboxylic acids is 1. The SMILES string of the molecule is CC(C)c1ccccc1Nc1ccc(NC(=O)COc2ccccc2)cn1. The average Bonchev–Trinajstić information content (AvgIpc) is 2.69. The maximum atomic E-state index is 12.0. The fourth-order valence-electron chi connectivity index (χ4n) is 2.66. The molecule has 0 fully saturated rings. The molecule has 0 spiro atoms. The van der Waals surface area contributed by atoms with Crippen molar-refractivity contribution in [2.45, 2.75) is 19.8 Å². The highest BCUT2D eigenvalue weighted by Crippen LogP contribution is 2.26. The monoisotopic (exact) mass is 361 g/mol. The summed E-state index contributed by atoms with van der Waals surface area (Å²) in [5.74, 6) is 1.57. The summed E-state index contributed by atoms with van der Waals surface area (Å²) in [5, 5.41) is 6.11. The summed E-state index contributed by atoms with van der Waals surface area (Å²) < 4.78 is 5.43. The molecule has 27 heavy (non-hydrogen) atoms. The van der Waals surface area contributed by atoms with Gasteiger partial charge in [-0.05, 0) is 41.8 Å². The number of aromatic nitrogens is 1. The van der Waals surface area contributed by atoms with Crippen molar-refractivity contribution in [3.63, 3.8) is 0 Å². The van der Waals surface area contributed by atoms with E-state index in [1.54, 1.807) is 6.20 Å². The number of ether oxygens (including phenoxy) is 1. The molecule has 0 atom stereocenters. The Balaban J connectivity index is 1.56. The van der Waals surface area contributed by atoms with Crippen molar-refractivity contribution >= 4 is 23.1 Å². The average molecular weight is 361 g/mol. The predicted molar refractivity (Wildman–Crippen MR) is 109 cm³/mol. The molecule has 0 saturated carbocycles. The van der Waals surface area contributed by atoms with Gasteiger partial charge in [-0.3, -0.25) is 4.79 Å². The van der Waals surface area contributed by atoms with Gasteiger partial charge in [-0.25, -0.2) is 4.98 Å². The lowest BCUT2D eigenvalue weighted by Crippen LogP contribution is -2.20. The van der Waals surface area contributed by atoms with Crippen molar-refractivity contribution in [1.29, 1.82) is 0 Å². The lowest BCUT2D eigenvalue weighted by Gasteiger charge is -2.14. The van der Waals surface area contributed by atoms with Crippen LogP contribution in [-0.2, 0) is 4.79 Å². The summed E-state index contributed by atoms with van der Waals surface area (Å²) in [4.78, 5) is 16.4. The van der Waals surface area contributed by atoms with Gasteiger partial charge in [0.2, 0.25) is 0 Å². The van der Waals surface area contributed by atoms with Gasteiger partial charge in [-0.2, -0.15) is 0 Å². The first-order valence-electron chi connectivity index (χ1n) is 8.91. The fraction of sp³-hybridized carbons (Fsp3) is 0.182. The Kier molecular flexibility index (Phi) is 6.05. The van der Waals surface area contributed by atoms with Gasteiger partial charge in [0.15, 0.2) is 6.61 Å². The highest BCUT2D eigenvalue weighted by molar-refractivity contribution is 5.91. The molecule has 5 nitrogen and oxygen atoms in total. The van der Waals surface area contributed by atoms with E-state index in [1.165, 1.54) is 5.56 Å². The number of benzene rings is 2. The van der Waals surface area contributed by atoms with Crippen molar-refractivity contribution in [1.82, 2.24) is 4.98 Å². The van der Waals surface area contributed by atoms with Crippen LogP contribution in [-0.4, -0.2) is 17.5 Å². The Morgan fingerprint density at radius 2 is 1.74 bits per heavy atom. The summed E-state index contributed by atoms with van der Waals surface area (Å²) >= 11 is 0. The lowest BCUT2D eigenvalue weighted by molar-refractivity contribution is -0.118. The number of rotatable bonds is 7. The molecule has 1 aromatic heterocycles. The number of nitrogens with one attached hydrogen (secondary N) is 2. The number of hydrogen-bond acceptors (Lipinski definition) is 4. The number of para-hydroxylation sites is 2. The van der Waals surface area contributed by atoms with Crippen LogP contribution in [0, 0.1) is 0 Å². The zero-order valence-corrected chi connectivity index (χ0v) is 15.5. The van der Waals surface area contributed by atoms with E-state index in [1.807, 2.05) is 60.7 Å². The Morgan fingerprint density at radius 3 is 2.44 bits per heavy atom. The molecule has 3 rings (SSSR count). The molecule has 2 N–H and O–H groups in total. The zero-order chi connectivity index (χ0) is 19.1. The van der Waals surface area contributed by atoms with Crippen LogP contribution in [0.15, 0.2) is 72.9 Å². The van der Waals surface area contributed by atoms with Gasteiger partial charge >= 0.3 is 0 Å². The number of nitrogens with zero attached hydrogens (tertiary/aromatic N) is 1. The van der Waals surface area contributed by atoms with Crippen LogP contribution in [0.4, 0.5) is 17.2 Å². The highest BCUT2D eigenvalue weighted by Gasteiger charge is 2.07. The molecular weight excluding hydrogens is 338 g/mol. The molecule has 5 heteroatoms. The molecule has 0 radical (unpaired) electrons. The highest BCUT2D eigenvalue weighted by atomic mass is 16.5. The smallest absolute Gasteiger partial charge is 0.262 e. The molecule has 0 saturated heterocycles. The van der Waals surface area contributed by atoms with E-state index in [-0.39, 0.29) is 12.5 Å². The van der Waals surface area contributed by atoms with E-state index in [9.17, 15) is 4.79 Å². The van der Waals surface area contributed by atoms with Gasteiger partial charge in [0.1, 0.15) is 11.6 Å². The second-order valence-electron chi connectivity index (χ2n) is 6.45.